The molecule has 1 aliphatic rings. The Morgan fingerprint density at radius 1 is 1.14 bits per heavy atom. The van der Waals surface area contributed by atoms with Crippen molar-refractivity contribution in [2.45, 2.75) is 45.0 Å². The number of carbonyl (C=O) groups is 1. The second-order valence-corrected chi connectivity index (χ2v) is 8.13. The molecule has 2 aromatic heterocycles. The standard InChI is InChI=1S/C24H29N7O4/c1-3-13-24(33-15-16-34-24)14-12-21(32)26-20-11-7-10-19(25-20)17-35-28-22(18-8-5-4-6-9-18)23-27-29-30-31(23)2/h4-11H,3,12-17H2,1-2H3,(H,25,26,32)/b28-22-. The van der Waals surface area contributed by atoms with E-state index in [1.54, 1.807) is 25.2 Å². The molecule has 4 rings (SSSR count). The van der Waals surface area contributed by atoms with Crippen LogP contribution in [0.4, 0.5) is 5.82 Å². The lowest BCUT2D eigenvalue weighted by molar-refractivity contribution is -0.169. The first kappa shape index (κ1) is 24.4. The lowest BCUT2D eigenvalue weighted by Gasteiger charge is -2.26. The zero-order chi connectivity index (χ0) is 24.5. The Morgan fingerprint density at radius 2 is 1.94 bits per heavy atom. The molecule has 0 saturated carbocycles. The summed E-state index contributed by atoms with van der Waals surface area (Å²) in [5.41, 5.74) is 1.93. The van der Waals surface area contributed by atoms with Crippen molar-refractivity contribution in [1.29, 1.82) is 0 Å². The largest absolute Gasteiger partial charge is 0.389 e. The van der Waals surface area contributed by atoms with Gasteiger partial charge in [0.1, 0.15) is 5.82 Å². The van der Waals surface area contributed by atoms with Crippen LogP contribution in [0.15, 0.2) is 53.7 Å². The summed E-state index contributed by atoms with van der Waals surface area (Å²) in [5.74, 6) is 0.117. The fourth-order valence-electron chi connectivity index (χ4n) is 3.84. The van der Waals surface area contributed by atoms with Crippen LogP contribution in [0.5, 0.6) is 0 Å². The third-order valence-corrected chi connectivity index (χ3v) is 5.50. The molecule has 1 saturated heterocycles. The minimum Gasteiger partial charge on any atom is -0.389 e. The monoisotopic (exact) mass is 479 g/mol. The number of ether oxygens (including phenoxy) is 2. The molecule has 0 bridgehead atoms. The van der Waals surface area contributed by atoms with E-state index in [1.165, 1.54) is 4.68 Å². The van der Waals surface area contributed by atoms with Gasteiger partial charge in [0.15, 0.2) is 18.1 Å². The van der Waals surface area contributed by atoms with Gasteiger partial charge in [-0.05, 0) is 22.6 Å². The Labute approximate surface area is 203 Å². The van der Waals surface area contributed by atoms with Crippen molar-refractivity contribution >= 4 is 17.4 Å². The van der Waals surface area contributed by atoms with Crippen LogP contribution in [-0.2, 0) is 32.8 Å². The SMILES string of the molecule is CCCC1(CCC(=O)Nc2cccc(CO/N=C(/c3ccccc3)c3nnnn3C)n2)OCCO1. The third-order valence-electron chi connectivity index (χ3n) is 5.50. The van der Waals surface area contributed by atoms with E-state index in [1.807, 2.05) is 30.3 Å². The van der Waals surface area contributed by atoms with E-state index in [0.29, 0.717) is 42.7 Å². The van der Waals surface area contributed by atoms with Gasteiger partial charge in [0.2, 0.25) is 11.7 Å². The number of tetrazole rings is 1. The molecule has 35 heavy (non-hydrogen) atoms. The van der Waals surface area contributed by atoms with Crippen LogP contribution in [0.1, 0.15) is 49.7 Å². The average Bonchev–Trinajstić information content (AvgIpc) is 3.51. The predicted molar refractivity (Wildman–Crippen MR) is 127 cm³/mol. The molecule has 1 aromatic carbocycles. The van der Waals surface area contributed by atoms with Gasteiger partial charge in [-0.25, -0.2) is 9.67 Å². The van der Waals surface area contributed by atoms with Crippen molar-refractivity contribution in [3.8, 4) is 0 Å². The number of benzene rings is 1. The molecule has 11 heteroatoms. The highest BCUT2D eigenvalue weighted by atomic mass is 16.7. The molecule has 0 spiro atoms. The summed E-state index contributed by atoms with van der Waals surface area (Å²) in [6.07, 6.45) is 2.47. The van der Waals surface area contributed by atoms with E-state index in [-0.39, 0.29) is 18.9 Å². The minimum atomic E-state index is -0.651. The van der Waals surface area contributed by atoms with E-state index in [0.717, 1.165) is 18.4 Å². The maximum absolute atomic E-state index is 12.5. The van der Waals surface area contributed by atoms with Gasteiger partial charge in [-0.1, -0.05) is 54.9 Å². The van der Waals surface area contributed by atoms with E-state index >= 15 is 0 Å². The van der Waals surface area contributed by atoms with Crippen molar-refractivity contribution in [1.82, 2.24) is 25.2 Å². The summed E-state index contributed by atoms with van der Waals surface area (Å²) in [6, 6.07) is 14.9. The molecule has 1 aliphatic heterocycles. The number of pyridine rings is 1. The van der Waals surface area contributed by atoms with E-state index in [9.17, 15) is 4.79 Å². The van der Waals surface area contributed by atoms with Crippen LogP contribution in [0.3, 0.4) is 0 Å². The van der Waals surface area contributed by atoms with Gasteiger partial charge in [0.05, 0.1) is 18.9 Å². The lowest BCUT2D eigenvalue weighted by atomic mass is 10.0. The lowest BCUT2D eigenvalue weighted by Crippen LogP contribution is -2.31. The van der Waals surface area contributed by atoms with Crippen LogP contribution in [-0.4, -0.2) is 55.8 Å². The quantitative estimate of drug-likeness (QED) is 0.329. The topological polar surface area (TPSA) is 126 Å². The summed E-state index contributed by atoms with van der Waals surface area (Å²) in [5, 5.41) is 18.7. The Morgan fingerprint density at radius 3 is 2.66 bits per heavy atom. The van der Waals surface area contributed by atoms with Gasteiger partial charge in [-0.3, -0.25) is 4.79 Å². The molecule has 0 unspecified atom stereocenters. The van der Waals surface area contributed by atoms with Crippen molar-refractivity contribution in [2.75, 3.05) is 18.5 Å². The summed E-state index contributed by atoms with van der Waals surface area (Å²) < 4.78 is 13.1. The Kier molecular flexibility index (Phi) is 8.11. The highest BCUT2D eigenvalue weighted by Gasteiger charge is 2.35. The summed E-state index contributed by atoms with van der Waals surface area (Å²) >= 11 is 0. The number of carbonyl (C=O) groups excluding carboxylic acids is 1. The maximum Gasteiger partial charge on any atom is 0.225 e. The molecule has 0 radical (unpaired) electrons. The van der Waals surface area contributed by atoms with Crippen molar-refractivity contribution < 1.29 is 19.1 Å². The molecule has 0 atom stereocenters. The molecule has 184 valence electrons. The van der Waals surface area contributed by atoms with Gasteiger partial charge in [0.25, 0.3) is 0 Å². The Balaban J connectivity index is 1.37. The van der Waals surface area contributed by atoms with Crippen molar-refractivity contribution in [2.24, 2.45) is 12.2 Å². The number of hydrogen-bond donors (Lipinski definition) is 1. The molecule has 1 amide bonds. The summed E-state index contributed by atoms with van der Waals surface area (Å²) in [7, 11) is 1.73. The maximum atomic E-state index is 12.5. The first-order chi connectivity index (χ1) is 17.1. The van der Waals surface area contributed by atoms with Gasteiger partial charge in [-0.15, -0.1) is 5.10 Å². The van der Waals surface area contributed by atoms with Crippen LogP contribution < -0.4 is 5.32 Å². The van der Waals surface area contributed by atoms with Crippen molar-refractivity contribution in [3.63, 3.8) is 0 Å². The molecule has 3 aromatic rings. The van der Waals surface area contributed by atoms with Crippen molar-refractivity contribution in [3.05, 3.63) is 65.6 Å². The molecule has 0 aliphatic carbocycles. The van der Waals surface area contributed by atoms with Crippen LogP contribution in [0, 0.1) is 0 Å². The van der Waals surface area contributed by atoms with E-state index in [4.69, 9.17) is 14.3 Å². The number of hydrogen-bond acceptors (Lipinski definition) is 9. The zero-order valence-corrected chi connectivity index (χ0v) is 19.9. The normalized spacial score (nSPS) is 15.2. The minimum absolute atomic E-state index is 0.104. The zero-order valence-electron chi connectivity index (χ0n) is 19.9. The van der Waals surface area contributed by atoms with Gasteiger partial charge in [-0.2, -0.15) is 0 Å². The van der Waals surface area contributed by atoms with Gasteiger partial charge < -0.3 is 19.6 Å². The van der Waals surface area contributed by atoms with Crippen LogP contribution in [0.25, 0.3) is 0 Å². The fourth-order valence-corrected chi connectivity index (χ4v) is 3.84. The molecular formula is C24H29N7O4. The predicted octanol–water partition coefficient (Wildman–Crippen LogP) is 2.84. The number of aryl methyl sites for hydroxylation is 1. The number of oxime groups is 1. The molecule has 11 nitrogen and oxygen atoms in total. The smallest absolute Gasteiger partial charge is 0.225 e. The second kappa shape index (κ2) is 11.6. The number of amides is 1. The molecule has 3 heterocycles. The number of nitrogens with one attached hydrogen (secondary N) is 1. The number of anilines is 1. The Bertz CT molecular complexity index is 1140. The second-order valence-electron chi connectivity index (χ2n) is 8.13. The number of aromatic nitrogens is 5. The Hall–Kier alpha value is -3.70. The molecule has 1 fully saturated rings. The van der Waals surface area contributed by atoms with E-state index in [2.05, 4.69) is 37.9 Å². The summed E-state index contributed by atoms with van der Waals surface area (Å²) in [6.45, 7) is 3.30. The number of nitrogens with zero attached hydrogens (tertiary/aromatic N) is 6. The molecule has 1 N–H and O–H groups in total. The van der Waals surface area contributed by atoms with Crippen LogP contribution >= 0.6 is 0 Å². The molecular weight excluding hydrogens is 450 g/mol. The third kappa shape index (κ3) is 6.46. The first-order valence-electron chi connectivity index (χ1n) is 11.6. The number of rotatable bonds is 11. The van der Waals surface area contributed by atoms with Crippen LogP contribution in [0.2, 0.25) is 0 Å². The average molecular weight is 480 g/mol. The first-order valence-corrected chi connectivity index (χ1v) is 11.6. The summed E-state index contributed by atoms with van der Waals surface area (Å²) in [4.78, 5) is 22.6. The fraction of sp³-hybridized carbons (Fsp3) is 0.417. The highest BCUT2D eigenvalue weighted by Crippen LogP contribution is 2.30. The highest BCUT2D eigenvalue weighted by molar-refractivity contribution is 6.10. The van der Waals surface area contributed by atoms with Gasteiger partial charge in [0, 0.05) is 31.9 Å². The van der Waals surface area contributed by atoms with Gasteiger partial charge >= 0.3 is 0 Å². The van der Waals surface area contributed by atoms with E-state index < -0.39 is 5.79 Å².